The first-order valence-corrected chi connectivity index (χ1v) is 8.22. The van der Waals surface area contributed by atoms with Crippen LogP contribution >= 0.6 is 0 Å². The molecule has 5 heteroatoms. The van der Waals surface area contributed by atoms with E-state index in [-0.39, 0.29) is 12.7 Å². The van der Waals surface area contributed by atoms with Crippen LogP contribution in [0, 0.1) is 5.92 Å². The number of carbonyl (C=O) groups is 2. The molecule has 2 rings (SSSR count). The number of ether oxygens (including phenoxy) is 2. The molecule has 126 valence electrons. The summed E-state index contributed by atoms with van der Waals surface area (Å²) in [7, 11) is 0. The Hall–Kier alpha value is -2.04. The van der Waals surface area contributed by atoms with Crippen molar-refractivity contribution >= 4 is 12.1 Å². The van der Waals surface area contributed by atoms with Crippen LogP contribution in [-0.2, 0) is 20.9 Å². The molecule has 0 spiro atoms. The van der Waals surface area contributed by atoms with Gasteiger partial charge < -0.3 is 14.8 Å². The lowest BCUT2D eigenvalue weighted by Gasteiger charge is -2.27. The van der Waals surface area contributed by atoms with Crippen molar-refractivity contribution in [3.63, 3.8) is 0 Å². The van der Waals surface area contributed by atoms with Crippen LogP contribution in [0.5, 0.6) is 0 Å². The number of amides is 1. The average Bonchev–Trinajstić information content (AvgIpc) is 2.56. The lowest BCUT2D eigenvalue weighted by Crippen LogP contribution is -2.41. The van der Waals surface area contributed by atoms with E-state index in [9.17, 15) is 9.59 Å². The van der Waals surface area contributed by atoms with E-state index in [0.717, 1.165) is 31.2 Å². The van der Waals surface area contributed by atoms with E-state index in [1.165, 1.54) is 0 Å². The summed E-state index contributed by atoms with van der Waals surface area (Å²) in [6.07, 6.45) is 3.33. The van der Waals surface area contributed by atoms with Gasteiger partial charge in [-0.3, -0.25) is 0 Å². The number of carbonyl (C=O) groups excluding carboxylic acids is 2. The van der Waals surface area contributed by atoms with E-state index in [1.807, 2.05) is 30.3 Å². The molecule has 0 heterocycles. The standard InChI is InChI=1S/C18H25NO4/c1-13-8-10-16(11-9-13)23-17(20)14(2)19-18(21)22-12-15-6-4-3-5-7-15/h3-7,13-14,16H,8-12H2,1-2H3,(H,19,21). The monoisotopic (exact) mass is 319 g/mol. The topological polar surface area (TPSA) is 64.6 Å². The van der Waals surface area contributed by atoms with Crippen LogP contribution in [0.4, 0.5) is 4.79 Å². The highest BCUT2D eigenvalue weighted by Gasteiger charge is 2.25. The molecular formula is C18H25NO4. The third kappa shape index (κ3) is 5.93. The summed E-state index contributed by atoms with van der Waals surface area (Å²) >= 11 is 0. The Balaban J connectivity index is 1.69. The molecule has 5 nitrogen and oxygen atoms in total. The Morgan fingerprint density at radius 2 is 1.83 bits per heavy atom. The van der Waals surface area contributed by atoms with Crippen molar-refractivity contribution in [2.75, 3.05) is 0 Å². The van der Waals surface area contributed by atoms with Crippen molar-refractivity contribution in [1.29, 1.82) is 0 Å². The maximum atomic E-state index is 12.0. The van der Waals surface area contributed by atoms with Gasteiger partial charge in [0, 0.05) is 0 Å². The molecule has 0 radical (unpaired) electrons. The van der Waals surface area contributed by atoms with Crippen LogP contribution in [0.3, 0.4) is 0 Å². The first kappa shape index (κ1) is 17.3. The Morgan fingerprint density at radius 1 is 1.17 bits per heavy atom. The zero-order valence-corrected chi connectivity index (χ0v) is 13.8. The van der Waals surface area contributed by atoms with Gasteiger partial charge in [-0.05, 0) is 44.1 Å². The Kier molecular flexibility index (Phi) is 6.44. The van der Waals surface area contributed by atoms with E-state index in [0.29, 0.717) is 5.92 Å². The smallest absolute Gasteiger partial charge is 0.408 e. The van der Waals surface area contributed by atoms with E-state index < -0.39 is 18.1 Å². The van der Waals surface area contributed by atoms with Gasteiger partial charge in [-0.1, -0.05) is 37.3 Å². The molecule has 0 aromatic heterocycles. The SMILES string of the molecule is CC1CCC(OC(=O)C(C)NC(=O)OCc2ccccc2)CC1. The number of benzene rings is 1. The number of rotatable bonds is 5. The fourth-order valence-electron chi connectivity index (χ4n) is 2.61. The number of nitrogens with one attached hydrogen (secondary N) is 1. The third-order valence-electron chi connectivity index (χ3n) is 4.15. The molecule has 23 heavy (non-hydrogen) atoms. The predicted octanol–water partition coefficient (Wildman–Crippen LogP) is 3.42. The summed E-state index contributed by atoms with van der Waals surface area (Å²) < 4.78 is 10.6. The summed E-state index contributed by atoms with van der Waals surface area (Å²) in [6.45, 7) is 4.00. The molecule has 1 aliphatic carbocycles. The Bertz CT molecular complexity index is 509. The fourth-order valence-corrected chi connectivity index (χ4v) is 2.61. The summed E-state index contributed by atoms with van der Waals surface area (Å²) in [5, 5.41) is 2.51. The van der Waals surface area contributed by atoms with Crippen LogP contribution in [-0.4, -0.2) is 24.2 Å². The van der Waals surface area contributed by atoms with Crippen LogP contribution in [0.1, 0.15) is 45.1 Å². The van der Waals surface area contributed by atoms with Gasteiger partial charge in [-0.15, -0.1) is 0 Å². The summed E-state index contributed by atoms with van der Waals surface area (Å²) in [5.41, 5.74) is 0.897. The Morgan fingerprint density at radius 3 is 2.48 bits per heavy atom. The van der Waals surface area contributed by atoms with E-state index in [1.54, 1.807) is 6.92 Å². The highest BCUT2D eigenvalue weighted by molar-refractivity contribution is 5.81. The quantitative estimate of drug-likeness (QED) is 0.845. The van der Waals surface area contributed by atoms with Crippen molar-refractivity contribution in [2.24, 2.45) is 5.92 Å². The molecule has 0 bridgehead atoms. The molecule has 1 saturated carbocycles. The zero-order chi connectivity index (χ0) is 16.7. The van der Waals surface area contributed by atoms with Crippen LogP contribution in [0.2, 0.25) is 0 Å². The van der Waals surface area contributed by atoms with Crippen molar-refractivity contribution < 1.29 is 19.1 Å². The second-order valence-corrected chi connectivity index (χ2v) is 6.25. The van der Waals surface area contributed by atoms with E-state index in [2.05, 4.69) is 12.2 Å². The minimum Gasteiger partial charge on any atom is -0.461 e. The minimum atomic E-state index is -0.711. The number of esters is 1. The lowest BCUT2D eigenvalue weighted by atomic mass is 9.89. The highest BCUT2D eigenvalue weighted by atomic mass is 16.6. The second kappa shape index (κ2) is 8.56. The van der Waals surface area contributed by atoms with Gasteiger partial charge >= 0.3 is 12.1 Å². The number of hydrogen-bond acceptors (Lipinski definition) is 4. The molecule has 1 aromatic rings. The van der Waals surface area contributed by atoms with Gasteiger partial charge in [0.15, 0.2) is 0 Å². The first-order chi connectivity index (χ1) is 11.0. The van der Waals surface area contributed by atoms with Crippen molar-refractivity contribution in [1.82, 2.24) is 5.32 Å². The fraction of sp³-hybridized carbons (Fsp3) is 0.556. The normalized spacial score (nSPS) is 22.0. The molecule has 1 atom stereocenters. The maximum absolute atomic E-state index is 12.0. The molecule has 1 amide bonds. The van der Waals surface area contributed by atoms with Crippen molar-refractivity contribution in [3.05, 3.63) is 35.9 Å². The average molecular weight is 319 g/mol. The maximum Gasteiger partial charge on any atom is 0.408 e. The van der Waals surface area contributed by atoms with Crippen molar-refractivity contribution in [3.8, 4) is 0 Å². The lowest BCUT2D eigenvalue weighted by molar-refractivity contribution is -0.152. The molecule has 1 fully saturated rings. The molecule has 1 N–H and O–H groups in total. The largest absolute Gasteiger partial charge is 0.461 e. The van der Waals surface area contributed by atoms with E-state index >= 15 is 0 Å². The molecule has 1 aromatic carbocycles. The van der Waals surface area contributed by atoms with Crippen LogP contribution < -0.4 is 5.32 Å². The van der Waals surface area contributed by atoms with Crippen molar-refractivity contribution in [2.45, 2.75) is 58.3 Å². The van der Waals surface area contributed by atoms with Gasteiger partial charge in [0.25, 0.3) is 0 Å². The second-order valence-electron chi connectivity index (χ2n) is 6.25. The highest BCUT2D eigenvalue weighted by Crippen LogP contribution is 2.25. The minimum absolute atomic E-state index is 0.0247. The first-order valence-electron chi connectivity index (χ1n) is 8.22. The molecule has 1 unspecified atom stereocenters. The van der Waals surface area contributed by atoms with Gasteiger partial charge in [0.2, 0.25) is 0 Å². The van der Waals surface area contributed by atoms with Gasteiger partial charge in [-0.25, -0.2) is 9.59 Å². The number of alkyl carbamates (subject to hydrolysis) is 1. The summed E-state index contributed by atoms with van der Waals surface area (Å²) in [5.74, 6) is 0.301. The van der Waals surface area contributed by atoms with Gasteiger partial charge in [-0.2, -0.15) is 0 Å². The zero-order valence-electron chi connectivity index (χ0n) is 13.8. The van der Waals surface area contributed by atoms with E-state index in [4.69, 9.17) is 9.47 Å². The summed E-state index contributed by atoms with van der Waals surface area (Å²) in [4.78, 5) is 23.7. The van der Waals surface area contributed by atoms with Gasteiger partial charge in [0.1, 0.15) is 18.8 Å². The molecule has 0 saturated heterocycles. The summed E-state index contributed by atoms with van der Waals surface area (Å²) in [6, 6.07) is 8.68. The Labute approximate surface area is 137 Å². The van der Waals surface area contributed by atoms with Gasteiger partial charge in [0.05, 0.1) is 0 Å². The van der Waals surface area contributed by atoms with Crippen LogP contribution in [0.25, 0.3) is 0 Å². The van der Waals surface area contributed by atoms with Crippen LogP contribution in [0.15, 0.2) is 30.3 Å². The molecule has 0 aliphatic heterocycles. The molecule has 1 aliphatic rings. The molecular weight excluding hydrogens is 294 g/mol. The predicted molar refractivity (Wildman–Crippen MR) is 86.7 cm³/mol. The number of hydrogen-bond donors (Lipinski definition) is 1. The third-order valence-corrected chi connectivity index (χ3v) is 4.15.